The van der Waals surface area contributed by atoms with E-state index in [2.05, 4.69) is 22.4 Å². The third-order valence-corrected chi connectivity index (χ3v) is 5.22. The fourth-order valence-electron chi connectivity index (χ4n) is 4.18. The standard InChI is InChI=1S/C17H26N2O2/c1-20-11-8-19-14-17(15-2-6-18-7-3-15)12-16(13-17)4-9-21-10-5-16/h2-3,6-7,19H,4-5,8-14H2,1H3. The van der Waals surface area contributed by atoms with E-state index >= 15 is 0 Å². The molecule has 0 bridgehead atoms. The molecule has 4 nitrogen and oxygen atoms in total. The molecule has 3 rings (SSSR count). The summed E-state index contributed by atoms with van der Waals surface area (Å²) < 4.78 is 10.7. The van der Waals surface area contributed by atoms with E-state index in [0.717, 1.165) is 32.9 Å². The Balaban J connectivity index is 1.68. The van der Waals surface area contributed by atoms with E-state index in [-0.39, 0.29) is 5.41 Å². The van der Waals surface area contributed by atoms with Crippen LogP contribution in [0.5, 0.6) is 0 Å². The number of pyridine rings is 1. The van der Waals surface area contributed by atoms with E-state index in [9.17, 15) is 0 Å². The Morgan fingerprint density at radius 2 is 1.95 bits per heavy atom. The maximum atomic E-state index is 5.55. The van der Waals surface area contributed by atoms with Crippen LogP contribution in [-0.2, 0) is 14.9 Å². The average molecular weight is 290 g/mol. The van der Waals surface area contributed by atoms with Crippen molar-refractivity contribution < 1.29 is 9.47 Å². The van der Waals surface area contributed by atoms with Crippen molar-refractivity contribution in [2.75, 3.05) is 40.0 Å². The molecule has 1 spiro atoms. The number of rotatable bonds is 6. The second kappa shape index (κ2) is 6.42. The summed E-state index contributed by atoms with van der Waals surface area (Å²) in [6.07, 6.45) is 8.82. The smallest absolute Gasteiger partial charge is 0.0587 e. The van der Waals surface area contributed by atoms with Gasteiger partial charge in [0, 0.05) is 51.2 Å². The molecule has 1 aromatic rings. The molecule has 0 radical (unpaired) electrons. The minimum atomic E-state index is 0.272. The summed E-state index contributed by atoms with van der Waals surface area (Å²) in [7, 11) is 1.75. The SMILES string of the molecule is COCCNCC1(c2ccncc2)CC2(CCOCC2)C1. The fraction of sp³-hybridized carbons (Fsp3) is 0.706. The van der Waals surface area contributed by atoms with Gasteiger partial charge < -0.3 is 14.8 Å². The lowest BCUT2D eigenvalue weighted by molar-refractivity contribution is -0.0738. The Hall–Kier alpha value is -0.970. The minimum Gasteiger partial charge on any atom is -0.383 e. The predicted molar refractivity (Wildman–Crippen MR) is 82.4 cm³/mol. The number of hydrogen-bond donors (Lipinski definition) is 1. The van der Waals surface area contributed by atoms with Crippen LogP contribution in [-0.4, -0.2) is 45.0 Å². The van der Waals surface area contributed by atoms with Crippen molar-refractivity contribution in [1.82, 2.24) is 10.3 Å². The van der Waals surface area contributed by atoms with Crippen molar-refractivity contribution in [3.63, 3.8) is 0 Å². The van der Waals surface area contributed by atoms with Gasteiger partial charge in [0.15, 0.2) is 0 Å². The number of nitrogens with one attached hydrogen (secondary N) is 1. The van der Waals surface area contributed by atoms with Gasteiger partial charge in [0.1, 0.15) is 0 Å². The van der Waals surface area contributed by atoms with E-state index in [1.165, 1.54) is 31.2 Å². The fourth-order valence-corrected chi connectivity index (χ4v) is 4.18. The zero-order valence-corrected chi connectivity index (χ0v) is 12.9. The van der Waals surface area contributed by atoms with Gasteiger partial charge in [-0.1, -0.05) is 0 Å². The van der Waals surface area contributed by atoms with E-state index in [1.807, 2.05) is 12.4 Å². The highest BCUT2D eigenvalue weighted by Crippen LogP contribution is 2.59. The number of aromatic nitrogens is 1. The van der Waals surface area contributed by atoms with Crippen molar-refractivity contribution in [3.05, 3.63) is 30.1 Å². The summed E-state index contributed by atoms with van der Waals surface area (Å²) in [5, 5.41) is 3.57. The Labute approximate surface area is 127 Å². The predicted octanol–water partition coefficient (Wildman–Crippen LogP) is 2.15. The molecule has 21 heavy (non-hydrogen) atoms. The normalized spacial score (nSPS) is 22.9. The average Bonchev–Trinajstić information content (AvgIpc) is 2.51. The Kier molecular flexibility index (Phi) is 4.57. The van der Waals surface area contributed by atoms with E-state index in [4.69, 9.17) is 9.47 Å². The summed E-state index contributed by atoms with van der Waals surface area (Å²) in [5.74, 6) is 0. The van der Waals surface area contributed by atoms with Gasteiger partial charge >= 0.3 is 0 Å². The molecular formula is C17H26N2O2. The number of nitrogens with zero attached hydrogens (tertiary/aromatic N) is 1. The van der Waals surface area contributed by atoms with Crippen LogP contribution in [0.3, 0.4) is 0 Å². The Morgan fingerprint density at radius 1 is 1.24 bits per heavy atom. The number of methoxy groups -OCH3 is 1. The molecule has 1 aromatic heterocycles. The summed E-state index contributed by atoms with van der Waals surface area (Å²) >= 11 is 0. The van der Waals surface area contributed by atoms with Crippen molar-refractivity contribution in [2.24, 2.45) is 5.41 Å². The van der Waals surface area contributed by atoms with Crippen molar-refractivity contribution in [1.29, 1.82) is 0 Å². The number of hydrogen-bond acceptors (Lipinski definition) is 4. The first-order valence-corrected chi connectivity index (χ1v) is 7.97. The Bertz CT molecular complexity index is 435. The number of ether oxygens (including phenoxy) is 2. The van der Waals surface area contributed by atoms with Crippen molar-refractivity contribution >= 4 is 0 Å². The zero-order chi connectivity index (χ0) is 14.6. The lowest BCUT2D eigenvalue weighted by Crippen LogP contribution is -2.56. The molecule has 0 unspecified atom stereocenters. The molecule has 0 aromatic carbocycles. The second-order valence-electron chi connectivity index (χ2n) is 6.65. The Morgan fingerprint density at radius 3 is 2.62 bits per heavy atom. The molecule has 2 fully saturated rings. The van der Waals surface area contributed by atoms with Crippen LogP contribution in [0.4, 0.5) is 0 Å². The van der Waals surface area contributed by atoms with Gasteiger partial charge in [-0.05, 0) is 48.8 Å². The second-order valence-corrected chi connectivity index (χ2v) is 6.65. The molecule has 116 valence electrons. The summed E-state index contributed by atoms with van der Waals surface area (Å²) in [6.45, 7) is 4.58. The molecule has 2 aliphatic rings. The molecule has 1 aliphatic heterocycles. The lowest BCUT2D eigenvalue weighted by atomic mass is 9.48. The van der Waals surface area contributed by atoms with Gasteiger partial charge in [-0.2, -0.15) is 0 Å². The molecule has 1 saturated carbocycles. The minimum absolute atomic E-state index is 0.272. The van der Waals surface area contributed by atoms with Crippen LogP contribution in [0.2, 0.25) is 0 Å². The molecule has 4 heteroatoms. The summed E-state index contributed by atoms with van der Waals surface area (Å²) in [6, 6.07) is 4.37. The van der Waals surface area contributed by atoms with E-state index < -0.39 is 0 Å². The van der Waals surface area contributed by atoms with Gasteiger partial charge in [0.25, 0.3) is 0 Å². The van der Waals surface area contributed by atoms with E-state index in [1.54, 1.807) is 7.11 Å². The van der Waals surface area contributed by atoms with Gasteiger partial charge in [-0.15, -0.1) is 0 Å². The first-order chi connectivity index (χ1) is 10.3. The molecular weight excluding hydrogens is 264 g/mol. The molecule has 1 N–H and O–H groups in total. The molecule has 0 amide bonds. The first kappa shape index (κ1) is 14.9. The van der Waals surface area contributed by atoms with Crippen LogP contribution in [0.1, 0.15) is 31.2 Å². The molecule has 1 saturated heterocycles. The maximum absolute atomic E-state index is 5.55. The lowest BCUT2D eigenvalue weighted by Gasteiger charge is -2.58. The third-order valence-electron chi connectivity index (χ3n) is 5.22. The van der Waals surface area contributed by atoms with Crippen LogP contribution in [0.15, 0.2) is 24.5 Å². The van der Waals surface area contributed by atoms with Crippen molar-refractivity contribution in [3.8, 4) is 0 Å². The van der Waals surface area contributed by atoms with Crippen LogP contribution < -0.4 is 5.32 Å². The van der Waals surface area contributed by atoms with Gasteiger partial charge in [-0.25, -0.2) is 0 Å². The maximum Gasteiger partial charge on any atom is 0.0587 e. The molecule has 1 aliphatic carbocycles. The van der Waals surface area contributed by atoms with Crippen LogP contribution >= 0.6 is 0 Å². The van der Waals surface area contributed by atoms with Crippen molar-refractivity contribution in [2.45, 2.75) is 31.1 Å². The van der Waals surface area contributed by atoms with Gasteiger partial charge in [0.2, 0.25) is 0 Å². The van der Waals surface area contributed by atoms with E-state index in [0.29, 0.717) is 5.41 Å². The van der Waals surface area contributed by atoms with Gasteiger partial charge in [-0.3, -0.25) is 4.98 Å². The highest BCUT2D eigenvalue weighted by molar-refractivity contribution is 5.30. The quantitative estimate of drug-likeness (QED) is 0.815. The highest BCUT2D eigenvalue weighted by atomic mass is 16.5. The third kappa shape index (κ3) is 3.12. The molecule has 0 atom stereocenters. The zero-order valence-electron chi connectivity index (χ0n) is 12.9. The molecule has 2 heterocycles. The highest BCUT2D eigenvalue weighted by Gasteiger charge is 2.54. The van der Waals surface area contributed by atoms with Crippen LogP contribution in [0.25, 0.3) is 0 Å². The van der Waals surface area contributed by atoms with Gasteiger partial charge in [0.05, 0.1) is 6.61 Å². The topological polar surface area (TPSA) is 43.4 Å². The monoisotopic (exact) mass is 290 g/mol. The largest absolute Gasteiger partial charge is 0.383 e. The summed E-state index contributed by atoms with van der Waals surface area (Å²) in [5.41, 5.74) is 2.22. The summed E-state index contributed by atoms with van der Waals surface area (Å²) in [4.78, 5) is 4.17. The van der Waals surface area contributed by atoms with Crippen LogP contribution in [0, 0.1) is 5.41 Å². The first-order valence-electron chi connectivity index (χ1n) is 7.97.